The summed E-state index contributed by atoms with van der Waals surface area (Å²) < 4.78 is 10.2. The molecule has 1 atom stereocenters. The summed E-state index contributed by atoms with van der Waals surface area (Å²) in [7, 11) is 1.53. The van der Waals surface area contributed by atoms with E-state index in [1.54, 1.807) is 26.8 Å². The molecule has 0 bridgehead atoms. The summed E-state index contributed by atoms with van der Waals surface area (Å²) in [6.07, 6.45) is 1.47. The average molecular weight is 227 g/mol. The Morgan fingerprint density at radius 2 is 2.19 bits per heavy atom. The fourth-order valence-corrected chi connectivity index (χ4v) is 1.36. The number of amides is 1. The number of carbonyl (C=O) groups excluding carboxylic acids is 2. The number of hydrogen-bond donors (Lipinski definition) is 0. The number of allylic oxidation sites excluding steroid dienone is 1. The molecule has 1 amide bonds. The van der Waals surface area contributed by atoms with Gasteiger partial charge in [-0.1, -0.05) is 0 Å². The van der Waals surface area contributed by atoms with Crippen LogP contribution < -0.4 is 0 Å². The molecule has 1 aliphatic heterocycles. The van der Waals surface area contributed by atoms with Crippen LogP contribution in [0.4, 0.5) is 4.79 Å². The Morgan fingerprint density at radius 3 is 2.62 bits per heavy atom. The van der Waals surface area contributed by atoms with Gasteiger partial charge in [-0.25, -0.2) is 4.79 Å². The number of hydrogen-bond acceptors (Lipinski definition) is 4. The van der Waals surface area contributed by atoms with Gasteiger partial charge in [0.1, 0.15) is 5.60 Å². The minimum absolute atomic E-state index is 0.243. The van der Waals surface area contributed by atoms with Crippen molar-refractivity contribution in [3.63, 3.8) is 0 Å². The highest BCUT2D eigenvalue weighted by Gasteiger charge is 2.31. The largest absolute Gasteiger partial charge is 0.443 e. The molecule has 0 aliphatic carbocycles. The molecule has 0 aromatic rings. The third-order valence-electron chi connectivity index (χ3n) is 2.07. The summed E-state index contributed by atoms with van der Waals surface area (Å²) in [5.74, 6) is 0. The number of carbonyl (C=O) groups is 2. The van der Waals surface area contributed by atoms with Gasteiger partial charge in [0, 0.05) is 7.11 Å². The highest BCUT2D eigenvalue weighted by molar-refractivity contribution is 5.83. The predicted molar refractivity (Wildman–Crippen MR) is 57.9 cm³/mol. The molecular weight excluding hydrogens is 210 g/mol. The van der Waals surface area contributed by atoms with Gasteiger partial charge in [0.2, 0.25) is 0 Å². The zero-order valence-corrected chi connectivity index (χ0v) is 10.0. The Morgan fingerprint density at radius 1 is 1.56 bits per heavy atom. The zero-order chi connectivity index (χ0) is 12.3. The van der Waals surface area contributed by atoms with Crippen molar-refractivity contribution in [2.24, 2.45) is 0 Å². The van der Waals surface area contributed by atoms with Gasteiger partial charge in [0.05, 0.1) is 18.3 Å². The first kappa shape index (κ1) is 12.7. The van der Waals surface area contributed by atoms with Crippen LogP contribution in [0.15, 0.2) is 11.8 Å². The van der Waals surface area contributed by atoms with Crippen molar-refractivity contribution in [2.45, 2.75) is 32.5 Å². The van der Waals surface area contributed by atoms with Crippen molar-refractivity contribution in [1.29, 1.82) is 0 Å². The second kappa shape index (κ2) is 4.65. The Bertz CT molecular complexity index is 316. The molecule has 0 fully saturated rings. The summed E-state index contributed by atoms with van der Waals surface area (Å²) in [4.78, 5) is 23.8. The lowest BCUT2D eigenvalue weighted by atomic mass is 10.2. The van der Waals surface area contributed by atoms with Gasteiger partial charge in [-0.15, -0.1) is 0 Å². The quantitative estimate of drug-likeness (QED) is 0.668. The lowest BCUT2D eigenvalue weighted by Crippen LogP contribution is -2.36. The van der Waals surface area contributed by atoms with Crippen molar-refractivity contribution in [1.82, 2.24) is 4.90 Å². The molecule has 16 heavy (non-hydrogen) atoms. The lowest BCUT2D eigenvalue weighted by molar-refractivity contribution is -0.106. The van der Waals surface area contributed by atoms with Crippen LogP contribution in [0.1, 0.15) is 20.8 Å². The molecule has 1 heterocycles. The summed E-state index contributed by atoms with van der Waals surface area (Å²) >= 11 is 0. The van der Waals surface area contributed by atoms with Crippen LogP contribution in [-0.2, 0) is 14.3 Å². The predicted octanol–water partition coefficient (Wildman–Crippen LogP) is 1.33. The van der Waals surface area contributed by atoms with Crippen molar-refractivity contribution in [3.05, 3.63) is 11.8 Å². The van der Waals surface area contributed by atoms with E-state index in [-0.39, 0.29) is 6.10 Å². The smallest absolute Gasteiger partial charge is 0.415 e. The van der Waals surface area contributed by atoms with E-state index in [1.165, 1.54) is 12.0 Å². The minimum atomic E-state index is -0.573. The molecular formula is C11H17NO4. The SMILES string of the molecule is CO[C@H]1C=C(C=O)N(C(=O)OC(C)(C)C)C1. The maximum atomic E-state index is 11.7. The molecule has 0 saturated carbocycles. The fourth-order valence-electron chi connectivity index (χ4n) is 1.36. The van der Waals surface area contributed by atoms with Crippen molar-refractivity contribution < 1.29 is 19.1 Å². The summed E-state index contributed by atoms with van der Waals surface area (Å²) in [6, 6.07) is 0. The minimum Gasteiger partial charge on any atom is -0.443 e. The number of methoxy groups -OCH3 is 1. The first-order chi connectivity index (χ1) is 7.37. The normalized spacial score (nSPS) is 20.6. The number of ether oxygens (including phenoxy) is 2. The van der Waals surface area contributed by atoms with E-state index < -0.39 is 11.7 Å². The Balaban J connectivity index is 2.71. The first-order valence-electron chi connectivity index (χ1n) is 5.07. The first-order valence-corrected chi connectivity index (χ1v) is 5.07. The molecule has 0 radical (unpaired) electrons. The van der Waals surface area contributed by atoms with Crippen molar-refractivity contribution in [3.8, 4) is 0 Å². The molecule has 0 N–H and O–H groups in total. The van der Waals surface area contributed by atoms with Crippen molar-refractivity contribution >= 4 is 12.4 Å². The molecule has 0 spiro atoms. The number of rotatable bonds is 2. The molecule has 0 unspecified atom stereocenters. The van der Waals surface area contributed by atoms with Crippen LogP contribution in [0.5, 0.6) is 0 Å². The Labute approximate surface area is 95.0 Å². The van der Waals surface area contributed by atoms with Gasteiger partial charge in [-0.05, 0) is 26.8 Å². The molecule has 90 valence electrons. The van der Waals surface area contributed by atoms with E-state index in [9.17, 15) is 9.59 Å². The van der Waals surface area contributed by atoms with E-state index in [2.05, 4.69) is 0 Å². The van der Waals surface area contributed by atoms with Gasteiger partial charge in [0.25, 0.3) is 0 Å². The number of aldehydes is 1. The summed E-state index contributed by atoms with van der Waals surface area (Å²) in [5, 5.41) is 0. The Kier molecular flexibility index (Phi) is 3.70. The maximum absolute atomic E-state index is 11.7. The van der Waals surface area contributed by atoms with Crippen LogP contribution >= 0.6 is 0 Å². The van der Waals surface area contributed by atoms with Gasteiger partial charge in [-0.3, -0.25) is 9.69 Å². The topological polar surface area (TPSA) is 55.8 Å². The van der Waals surface area contributed by atoms with Crippen LogP contribution in [-0.4, -0.2) is 42.6 Å². The third kappa shape index (κ3) is 3.06. The van der Waals surface area contributed by atoms with Crippen LogP contribution in [0.3, 0.4) is 0 Å². The standard InChI is InChI=1S/C11H17NO4/c1-11(2,3)16-10(14)12-6-9(15-4)5-8(12)7-13/h5,7,9H,6H2,1-4H3/t9-/m0/s1. The molecule has 0 aromatic heterocycles. The maximum Gasteiger partial charge on any atom is 0.415 e. The monoisotopic (exact) mass is 227 g/mol. The van der Waals surface area contributed by atoms with Crippen LogP contribution in [0.2, 0.25) is 0 Å². The van der Waals surface area contributed by atoms with Crippen LogP contribution in [0.25, 0.3) is 0 Å². The highest BCUT2D eigenvalue weighted by atomic mass is 16.6. The Hall–Kier alpha value is -1.36. The van der Waals surface area contributed by atoms with Gasteiger partial charge < -0.3 is 9.47 Å². The second-order valence-electron chi connectivity index (χ2n) is 4.57. The van der Waals surface area contributed by atoms with E-state index in [0.29, 0.717) is 18.5 Å². The second-order valence-corrected chi connectivity index (χ2v) is 4.57. The highest BCUT2D eigenvalue weighted by Crippen LogP contribution is 2.19. The van der Waals surface area contributed by atoms with Gasteiger partial charge in [0.15, 0.2) is 6.29 Å². The molecule has 0 aromatic carbocycles. The van der Waals surface area contributed by atoms with E-state index >= 15 is 0 Å². The molecule has 0 saturated heterocycles. The van der Waals surface area contributed by atoms with Crippen molar-refractivity contribution in [2.75, 3.05) is 13.7 Å². The molecule has 5 nitrogen and oxygen atoms in total. The number of nitrogens with zero attached hydrogens (tertiary/aromatic N) is 1. The average Bonchev–Trinajstić information content (AvgIpc) is 2.58. The lowest BCUT2D eigenvalue weighted by Gasteiger charge is -2.25. The van der Waals surface area contributed by atoms with E-state index in [1.807, 2.05) is 0 Å². The van der Waals surface area contributed by atoms with E-state index in [0.717, 1.165) is 0 Å². The fraction of sp³-hybridized carbons (Fsp3) is 0.636. The van der Waals surface area contributed by atoms with Gasteiger partial charge >= 0.3 is 6.09 Å². The molecule has 1 rings (SSSR count). The van der Waals surface area contributed by atoms with Crippen LogP contribution in [0, 0.1) is 0 Å². The van der Waals surface area contributed by atoms with Gasteiger partial charge in [-0.2, -0.15) is 0 Å². The zero-order valence-electron chi connectivity index (χ0n) is 10.0. The summed E-state index contributed by atoms with van der Waals surface area (Å²) in [6.45, 7) is 5.65. The molecule has 5 heteroatoms. The third-order valence-corrected chi connectivity index (χ3v) is 2.07. The summed E-state index contributed by atoms with van der Waals surface area (Å²) in [5.41, 5.74) is -0.280. The van der Waals surface area contributed by atoms with E-state index in [4.69, 9.17) is 9.47 Å². The molecule has 1 aliphatic rings.